The predicted octanol–water partition coefficient (Wildman–Crippen LogP) is 2.72. The highest BCUT2D eigenvalue weighted by Gasteiger charge is 2.25. The summed E-state index contributed by atoms with van der Waals surface area (Å²) in [4.78, 5) is 2.29. The molecule has 0 bridgehead atoms. The van der Waals surface area contributed by atoms with Crippen molar-refractivity contribution in [2.75, 3.05) is 26.7 Å². The zero-order valence-electron chi connectivity index (χ0n) is 11.4. The van der Waals surface area contributed by atoms with E-state index in [1.54, 1.807) is 0 Å². The van der Waals surface area contributed by atoms with Crippen LogP contribution in [0.5, 0.6) is 0 Å². The van der Waals surface area contributed by atoms with Gasteiger partial charge in [0.15, 0.2) is 0 Å². The first-order valence-corrected chi connectivity index (χ1v) is 5.94. The third-order valence-corrected chi connectivity index (χ3v) is 3.59. The molecule has 0 heterocycles. The Balaban J connectivity index is 3.94. The number of hydrogen-bond donors (Lipinski definition) is 1. The Morgan fingerprint density at radius 1 is 1.40 bits per heavy atom. The number of nitrogens with one attached hydrogen (secondary N) is 1. The molecule has 15 heavy (non-hydrogen) atoms. The van der Waals surface area contributed by atoms with Gasteiger partial charge in [0.2, 0.25) is 0 Å². The summed E-state index contributed by atoms with van der Waals surface area (Å²) >= 11 is 0. The molecule has 90 valence electrons. The minimum atomic E-state index is 0.171. The van der Waals surface area contributed by atoms with Gasteiger partial charge in [0, 0.05) is 24.2 Å². The van der Waals surface area contributed by atoms with Gasteiger partial charge in [-0.05, 0) is 19.5 Å². The van der Waals surface area contributed by atoms with Gasteiger partial charge in [-0.1, -0.05) is 41.2 Å². The first kappa shape index (κ1) is 14.5. The average Bonchev–Trinajstić information content (AvgIpc) is 2.16. The van der Waals surface area contributed by atoms with Crippen molar-refractivity contribution in [3.8, 4) is 0 Å². The molecular formula is C13H28N2. The summed E-state index contributed by atoms with van der Waals surface area (Å²) in [5.41, 5.74) is 1.33. The van der Waals surface area contributed by atoms with Gasteiger partial charge >= 0.3 is 0 Å². The van der Waals surface area contributed by atoms with E-state index >= 15 is 0 Å². The maximum atomic E-state index is 4.14. The molecule has 0 aliphatic carbocycles. The number of rotatable bonds is 7. The Kier molecular flexibility index (Phi) is 5.96. The molecule has 0 atom stereocenters. The van der Waals surface area contributed by atoms with E-state index in [1.165, 1.54) is 0 Å². The minimum absolute atomic E-state index is 0.171. The molecule has 0 aromatic carbocycles. The molecule has 0 radical (unpaired) electrons. The topological polar surface area (TPSA) is 15.3 Å². The summed E-state index contributed by atoms with van der Waals surface area (Å²) in [5, 5.41) is 3.43. The van der Waals surface area contributed by atoms with Crippen LogP contribution in [0, 0.1) is 11.3 Å². The van der Waals surface area contributed by atoms with Crippen molar-refractivity contribution in [3.63, 3.8) is 0 Å². The van der Waals surface area contributed by atoms with E-state index in [1.807, 2.05) is 0 Å². The monoisotopic (exact) mass is 212 g/mol. The second kappa shape index (κ2) is 6.16. The van der Waals surface area contributed by atoms with Crippen molar-refractivity contribution in [2.45, 2.75) is 34.6 Å². The van der Waals surface area contributed by atoms with E-state index in [-0.39, 0.29) is 5.41 Å². The first-order valence-electron chi connectivity index (χ1n) is 5.94. The van der Waals surface area contributed by atoms with Crippen LogP contribution in [0.4, 0.5) is 0 Å². The lowest BCUT2D eigenvalue weighted by molar-refractivity contribution is 0.284. The summed E-state index contributed by atoms with van der Waals surface area (Å²) in [6.45, 7) is 18.4. The SMILES string of the molecule is C=C(NCCN(C)CC)C(C)(C)C(C)C. The smallest absolute Gasteiger partial charge is 0.0271 e. The second-order valence-corrected chi connectivity index (χ2v) is 5.18. The summed E-state index contributed by atoms with van der Waals surface area (Å²) in [7, 11) is 2.14. The molecule has 1 N–H and O–H groups in total. The van der Waals surface area contributed by atoms with Crippen molar-refractivity contribution >= 4 is 0 Å². The third kappa shape index (κ3) is 4.70. The molecule has 0 saturated carbocycles. The van der Waals surface area contributed by atoms with Crippen LogP contribution in [0.3, 0.4) is 0 Å². The molecule has 0 fully saturated rings. The van der Waals surface area contributed by atoms with E-state index in [2.05, 4.69) is 58.5 Å². The lowest BCUT2D eigenvalue weighted by Crippen LogP contribution is -2.35. The van der Waals surface area contributed by atoms with Crippen LogP contribution >= 0.6 is 0 Å². The van der Waals surface area contributed by atoms with Crippen molar-refractivity contribution in [3.05, 3.63) is 12.3 Å². The van der Waals surface area contributed by atoms with E-state index in [0.29, 0.717) is 5.92 Å². The fourth-order valence-corrected chi connectivity index (χ4v) is 1.13. The molecule has 0 aliphatic rings. The van der Waals surface area contributed by atoms with Crippen molar-refractivity contribution in [2.24, 2.45) is 11.3 Å². The molecule has 2 heteroatoms. The zero-order chi connectivity index (χ0) is 12.1. The Bertz CT molecular complexity index is 195. The highest BCUT2D eigenvalue weighted by Crippen LogP contribution is 2.31. The third-order valence-electron chi connectivity index (χ3n) is 3.59. The van der Waals surface area contributed by atoms with Gasteiger partial charge in [-0.3, -0.25) is 0 Å². The maximum absolute atomic E-state index is 4.14. The predicted molar refractivity (Wildman–Crippen MR) is 68.9 cm³/mol. The second-order valence-electron chi connectivity index (χ2n) is 5.18. The number of nitrogens with zero attached hydrogens (tertiary/aromatic N) is 1. The van der Waals surface area contributed by atoms with Crippen LogP contribution in [0.2, 0.25) is 0 Å². The van der Waals surface area contributed by atoms with E-state index in [9.17, 15) is 0 Å². The molecule has 0 unspecified atom stereocenters. The molecule has 0 spiro atoms. The largest absolute Gasteiger partial charge is 0.387 e. The highest BCUT2D eigenvalue weighted by molar-refractivity contribution is 5.05. The van der Waals surface area contributed by atoms with Crippen LogP contribution in [0.25, 0.3) is 0 Å². The molecule has 0 aromatic heterocycles. The fraction of sp³-hybridized carbons (Fsp3) is 0.846. The Morgan fingerprint density at radius 3 is 2.33 bits per heavy atom. The summed E-state index contributed by atoms with van der Waals surface area (Å²) in [6, 6.07) is 0. The summed E-state index contributed by atoms with van der Waals surface area (Å²) in [5.74, 6) is 0.612. The number of allylic oxidation sites excluding steroid dienone is 1. The van der Waals surface area contributed by atoms with Gasteiger partial charge in [0.05, 0.1) is 0 Å². The van der Waals surface area contributed by atoms with Crippen LogP contribution in [0.15, 0.2) is 12.3 Å². The van der Waals surface area contributed by atoms with E-state index in [0.717, 1.165) is 25.3 Å². The van der Waals surface area contributed by atoms with Crippen molar-refractivity contribution in [1.82, 2.24) is 10.2 Å². The highest BCUT2D eigenvalue weighted by atomic mass is 15.1. The van der Waals surface area contributed by atoms with Gasteiger partial charge in [-0.15, -0.1) is 0 Å². The standard InChI is InChI=1S/C13H28N2/c1-8-15(7)10-9-14-12(4)13(5,6)11(2)3/h11,14H,4,8-10H2,1-3,5-7H3. The van der Waals surface area contributed by atoms with Gasteiger partial charge in [-0.25, -0.2) is 0 Å². The first-order chi connectivity index (χ1) is 6.82. The van der Waals surface area contributed by atoms with Crippen LogP contribution < -0.4 is 5.32 Å². The fourth-order valence-electron chi connectivity index (χ4n) is 1.13. The molecule has 0 saturated heterocycles. The Morgan fingerprint density at radius 2 is 1.93 bits per heavy atom. The normalized spacial score (nSPS) is 12.3. The quantitative estimate of drug-likeness (QED) is 0.698. The molecule has 0 aromatic rings. The van der Waals surface area contributed by atoms with Crippen LogP contribution in [-0.2, 0) is 0 Å². The number of hydrogen-bond acceptors (Lipinski definition) is 2. The number of likely N-dealkylation sites (N-methyl/N-ethyl adjacent to an activating group) is 1. The van der Waals surface area contributed by atoms with Gasteiger partial charge < -0.3 is 10.2 Å². The summed E-state index contributed by atoms with van der Waals surface area (Å²) < 4.78 is 0. The van der Waals surface area contributed by atoms with Gasteiger partial charge in [0.25, 0.3) is 0 Å². The zero-order valence-corrected chi connectivity index (χ0v) is 11.4. The van der Waals surface area contributed by atoms with Crippen molar-refractivity contribution < 1.29 is 0 Å². The Hall–Kier alpha value is -0.500. The average molecular weight is 212 g/mol. The van der Waals surface area contributed by atoms with Gasteiger partial charge in [0.1, 0.15) is 0 Å². The van der Waals surface area contributed by atoms with Crippen molar-refractivity contribution in [1.29, 1.82) is 0 Å². The molecule has 0 amide bonds. The van der Waals surface area contributed by atoms with E-state index < -0.39 is 0 Å². The molecule has 2 nitrogen and oxygen atoms in total. The summed E-state index contributed by atoms with van der Waals surface area (Å²) in [6.07, 6.45) is 0. The lowest BCUT2D eigenvalue weighted by Gasteiger charge is -2.32. The Labute approximate surface area is 95.7 Å². The lowest BCUT2D eigenvalue weighted by atomic mass is 9.78. The molecule has 0 rings (SSSR count). The minimum Gasteiger partial charge on any atom is -0.387 e. The van der Waals surface area contributed by atoms with Crippen LogP contribution in [0.1, 0.15) is 34.6 Å². The van der Waals surface area contributed by atoms with Crippen LogP contribution in [-0.4, -0.2) is 31.6 Å². The van der Waals surface area contributed by atoms with E-state index in [4.69, 9.17) is 0 Å². The molecular weight excluding hydrogens is 184 g/mol. The maximum Gasteiger partial charge on any atom is 0.0271 e. The molecule has 0 aliphatic heterocycles. The van der Waals surface area contributed by atoms with Gasteiger partial charge in [-0.2, -0.15) is 0 Å².